The molecule has 0 atom stereocenters. The first-order chi connectivity index (χ1) is 9.10. The number of carbonyl (C=O) groups excluding carboxylic acids is 1. The van der Waals surface area contributed by atoms with E-state index in [1.165, 1.54) is 11.3 Å². The third kappa shape index (κ3) is 3.54. The molecule has 4 nitrogen and oxygen atoms in total. The van der Waals surface area contributed by atoms with Gasteiger partial charge in [-0.05, 0) is 25.1 Å². The fourth-order valence-electron chi connectivity index (χ4n) is 1.59. The van der Waals surface area contributed by atoms with Crippen molar-refractivity contribution in [2.24, 2.45) is 0 Å². The van der Waals surface area contributed by atoms with Crippen LogP contribution in [0.1, 0.15) is 21.1 Å². The first kappa shape index (κ1) is 14.0. The van der Waals surface area contributed by atoms with Crippen molar-refractivity contribution in [2.45, 2.75) is 13.5 Å². The molecule has 0 aliphatic carbocycles. The second kappa shape index (κ2) is 6.16. The predicted octanol–water partition coefficient (Wildman–Crippen LogP) is 3.15. The fraction of sp³-hybridized carbons (Fsp3) is 0.231. The number of thiazole rings is 1. The summed E-state index contributed by atoms with van der Waals surface area (Å²) < 4.78 is 6.07. The molecule has 2 rings (SSSR count). The molecule has 2 aromatic rings. The van der Waals surface area contributed by atoms with E-state index in [4.69, 9.17) is 4.74 Å². The van der Waals surface area contributed by atoms with Crippen molar-refractivity contribution in [3.8, 4) is 5.75 Å². The van der Waals surface area contributed by atoms with Gasteiger partial charge in [-0.2, -0.15) is 0 Å². The van der Waals surface area contributed by atoms with E-state index >= 15 is 0 Å². The maximum atomic E-state index is 12.1. The average molecular weight is 341 g/mol. The van der Waals surface area contributed by atoms with E-state index < -0.39 is 0 Å². The summed E-state index contributed by atoms with van der Waals surface area (Å²) in [7, 11) is 1.54. The van der Waals surface area contributed by atoms with Gasteiger partial charge in [-0.25, -0.2) is 4.98 Å². The van der Waals surface area contributed by atoms with Crippen LogP contribution in [0, 0.1) is 6.92 Å². The molecule has 0 fully saturated rings. The van der Waals surface area contributed by atoms with E-state index in [9.17, 15) is 4.79 Å². The summed E-state index contributed by atoms with van der Waals surface area (Å²) in [5.74, 6) is 0.374. The van der Waals surface area contributed by atoms with E-state index in [1.807, 2.05) is 18.4 Å². The van der Waals surface area contributed by atoms with E-state index in [0.717, 1.165) is 15.2 Å². The zero-order valence-electron chi connectivity index (χ0n) is 10.6. The minimum absolute atomic E-state index is 0.169. The van der Waals surface area contributed by atoms with Crippen molar-refractivity contribution in [3.63, 3.8) is 0 Å². The summed E-state index contributed by atoms with van der Waals surface area (Å²) in [6, 6.07) is 5.30. The molecule has 1 aromatic heterocycles. The first-order valence-corrected chi connectivity index (χ1v) is 7.30. The van der Waals surface area contributed by atoms with Crippen LogP contribution in [0.2, 0.25) is 0 Å². The van der Waals surface area contributed by atoms with Gasteiger partial charge < -0.3 is 10.1 Å². The van der Waals surface area contributed by atoms with Crippen molar-refractivity contribution in [3.05, 3.63) is 44.3 Å². The molecule has 1 N–H and O–H groups in total. The smallest absolute Gasteiger partial charge is 0.255 e. The lowest BCUT2D eigenvalue weighted by Gasteiger charge is -2.08. The number of benzene rings is 1. The Bertz CT molecular complexity index is 598. The zero-order valence-corrected chi connectivity index (χ0v) is 13.0. The molecule has 100 valence electrons. The number of nitrogens with one attached hydrogen (secondary N) is 1. The minimum Gasteiger partial charge on any atom is -0.496 e. The number of rotatable bonds is 4. The van der Waals surface area contributed by atoms with Crippen LogP contribution in [-0.4, -0.2) is 18.0 Å². The Morgan fingerprint density at radius 3 is 2.95 bits per heavy atom. The van der Waals surface area contributed by atoms with Gasteiger partial charge in [-0.15, -0.1) is 11.3 Å². The van der Waals surface area contributed by atoms with Gasteiger partial charge in [-0.1, -0.05) is 15.9 Å². The van der Waals surface area contributed by atoms with Gasteiger partial charge in [0.2, 0.25) is 0 Å². The van der Waals surface area contributed by atoms with Gasteiger partial charge in [0.25, 0.3) is 5.91 Å². The highest BCUT2D eigenvalue weighted by atomic mass is 79.9. The third-order valence-electron chi connectivity index (χ3n) is 2.47. The van der Waals surface area contributed by atoms with Crippen molar-refractivity contribution in [1.82, 2.24) is 10.3 Å². The van der Waals surface area contributed by atoms with Crippen molar-refractivity contribution >= 4 is 33.2 Å². The summed E-state index contributed by atoms with van der Waals surface area (Å²) in [4.78, 5) is 16.4. The molecular formula is C13H13BrN2O2S. The quantitative estimate of drug-likeness (QED) is 0.929. The van der Waals surface area contributed by atoms with Crippen LogP contribution >= 0.6 is 27.3 Å². The highest BCUT2D eigenvalue weighted by Gasteiger charge is 2.12. The summed E-state index contributed by atoms with van der Waals surface area (Å²) in [6.45, 7) is 2.36. The lowest BCUT2D eigenvalue weighted by Crippen LogP contribution is -2.23. The Kier molecular flexibility index (Phi) is 4.55. The molecule has 1 amide bonds. The second-order valence-corrected chi connectivity index (χ2v) is 5.77. The standard InChI is InChI=1S/C13H13BrN2O2S/c1-8-7-19-12(16-8)6-15-13(17)10-4-3-9(14)5-11(10)18-2/h3-5,7H,6H2,1-2H3,(H,15,17). The molecule has 0 saturated heterocycles. The molecule has 0 spiro atoms. The zero-order chi connectivity index (χ0) is 13.8. The molecule has 0 radical (unpaired) electrons. The van der Waals surface area contributed by atoms with Crippen LogP contribution in [0.15, 0.2) is 28.1 Å². The number of amides is 1. The molecule has 6 heteroatoms. The van der Waals surface area contributed by atoms with E-state index in [1.54, 1.807) is 19.2 Å². The average Bonchev–Trinajstić information content (AvgIpc) is 2.81. The second-order valence-electron chi connectivity index (χ2n) is 3.91. The third-order valence-corrected chi connectivity index (χ3v) is 3.93. The fourth-order valence-corrected chi connectivity index (χ4v) is 2.64. The van der Waals surface area contributed by atoms with Crippen molar-refractivity contribution < 1.29 is 9.53 Å². The Morgan fingerprint density at radius 1 is 1.53 bits per heavy atom. The highest BCUT2D eigenvalue weighted by Crippen LogP contribution is 2.23. The number of ether oxygens (including phenoxy) is 1. The number of aryl methyl sites for hydroxylation is 1. The number of carbonyl (C=O) groups is 1. The Hall–Kier alpha value is -1.40. The maximum Gasteiger partial charge on any atom is 0.255 e. The number of nitrogens with zero attached hydrogens (tertiary/aromatic N) is 1. The predicted molar refractivity (Wildman–Crippen MR) is 78.7 cm³/mol. The van der Waals surface area contributed by atoms with Crippen LogP contribution in [0.4, 0.5) is 0 Å². The van der Waals surface area contributed by atoms with Gasteiger partial charge >= 0.3 is 0 Å². The van der Waals surface area contributed by atoms with E-state index in [2.05, 4.69) is 26.2 Å². The van der Waals surface area contributed by atoms with Gasteiger partial charge in [0, 0.05) is 15.5 Å². The van der Waals surface area contributed by atoms with Gasteiger partial charge in [0.1, 0.15) is 10.8 Å². The van der Waals surface area contributed by atoms with Crippen LogP contribution in [0.3, 0.4) is 0 Å². The minimum atomic E-state index is -0.169. The molecule has 0 aliphatic heterocycles. The highest BCUT2D eigenvalue weighted by molar-refractivity contribution is 9.10. The number of methoxy groups -OCH3 is 1. The Balaban J connectivity index is 2.07. The van der Waals surface area contributed by atoms with Gasteiger partial charge in [-0.3, -0.25) is 4.79 Å². The van der Waals surface area contributed by atoms with E-state index in [-0.39, 0.29) is 5.91 Å². The van der Waals surface area contributed by atoms with Crippen molar-refractivity contribution in [1.29, 1.82) is 0 Å². The van der Waals surface area contributed by atoms with Crippen LogP contribution in [-0.2, 0) is 6.54 Å². The lowest BCUT2D eigenvalue weighted by atomic mass is 10.2. The molecule has 0 unspecified atom stereocenters. The Labute approximate surface area is 124 Å². The number of hydrogen-bond acceptors (Lipinski definition) is 4. The lowest BCUT2D eigenvalue weighted by molar-refractivity contribution is 0.0948. The SMILES string of the molecule is COc1cc(Br)ccc1C(=O)NCc1nc(C)cs1. The maximum absolute atomic E-state index is 12.1. The summed E-state index contributed by atoms with van der Waals surface area (Å²) in [5.41, 5.74) is 1.48. The number of halogens is 1. The summed E-state index contributed by atoms with van der Waals surface area (Å²) in [5, 5.41) is 5.69. The molecule has 19 heavy (non-hydrogen) atoms. The molecule has 0 aliphatic rings. The van der Waals surface area contributed by atoms with Crippen LogP contribution in [0.5, 0.6) is 5.75 Å². The molecule has 1 aromatic carbocycles. The van der Waals surface area contributed by atoms with Crippen LogP contribution < -0.4 is 10.1 Å². The molecule has 1 heterocycles. The molecule has 0 saturated carbocycles. The monoisotopic (exact) mass is 340 g/mol. The first-order valence-electron chi connectivity index (χ1n) is 5.63. The van der Waals surface area contributed by atoms with Crippen molar-refractivity contribution in [2.75, 3.05) is 7.11 Å². The molecule has 0 bridgehead atoms. The van der Waals surface area contributed by atoms with Gasteiger partial charge in [0.15, 0.2) is 0 Å². The summed E-state index contributed by atoms with van der Waals surface area (Å²) in [6.07, 6.45) is 0. The normalized spacial score (nSPS) is 10.3. The van der Waals surface area contributed by atoms with E-state index in [0.29, 0.717) is 17.9 Å². The Morgan fingerprint density at radius 2 is 2.32 bits per heavy atom. The summed E-state index contributed by atoms with van der Waals surface area (Å²) >= 11 is 4.88. The molecular weight excluding hydrogens is 328 g/mol. The number of hydrogen-bond donors (Lipinski definition) is 1. The number of aromatic nitrogens is 1. The van der Waals surface area contributed by atoms with Gasteiger partial charge in [0.05, 0.1) is 19.2 Å². The topological polar surface area (TPSA) is 51.2 Å². The largest absolute Gasteiger partial charge is 0.496 e. The van der Waals surface area contributed by atoms with Crippen LogP contribution in [0.25, 0.3) is 0 Å².